The van der Waals surface area contributed by atoms with Crippen LogP contribution in [0.3, 0.4) is 0 Å². The lowest BCUT2D eigenvalue weighted by Gasteiger charge is -2.12. The van der Waals surface area contributed by atoms with Crippen molar-refractivity contribution in [2.75, 3.05) is 11.9 Å². The topological polar surface area (TPSA) is 97.6 Å². The van der Waals surface area contributed by atoms with Crippen LogP contribution in [0.1, 0.15) is 11.3 Å². The summed E-state index contributed by atoms with van der Waals surface area (Å²) in [5.74, 6) is 0.725. The van der Waals surface area contributed by atoms with Crippen molar-refractivity contribution in [3.05, 3.63) is 75.1 Å². The number of halogens is 2. The molecule has 0 saturated heterocycles. The van der Waals surface area contributed by atoms with Crippen LogP contribution in [0.25, 0.3) is 0 Å². The SMILES string of the molecule is Cc1cc(Br)cc(Br)c1OCC(=O)Nc1ccc(S(=O)(=O)NCc2ccco2)cc1. The number of sulfonamides is 1. The van der Waals surface area contributed by atoms with Crippen molar-refractivity contribution in [1.29, 1.82) is 0 Å². The van der Waals surface area contributed by atoms with E-state index in [4.69, 9.17) is 9.15 Å². The maximum absolute atomic E-state index is 12.3. The van der Waals surface area contributed by atoms with Crippen LogP contribution in [0.15, 0.2) is 73.1 Å². The van der Waals surface area contributed by atoms with Gasteiger partial charge in [0, 0.05) is 10.2 Å². The van der Waals surface area contributed by atoms with Crippen molar-refractivity contribution in [3.63, 3.8) is 0 Å². The molecule has 0 bridgehead atoms. The lowest BCUT2D eigenvalue weighted by molar-refractivity contribution is -0.118. The summed E-state index contributed by atoms with van der Waals surface area (Å²) in [6.07, 6.45) is 1.47. The summed E-state index contributed by atoms with van der Waals surface area (Å²) in [5, 5.41) is 2.68. The molecule has 158 valence electrons. The molecule has 7 nitrogen and oxygen atoms in total. The summed E-state index contributed by atoms with van der Waals surface area (Å²) < 4.78 is 39.5. The standard InChI is InChI=1S/C20H18Br2N2O5S/c1-13-9-14(21)10-18(22)20(13)29-12-19(25)24-15-4-6-17(7-5-15)30(26,27)23-11-16-3-2-8-28-16/h2-10,23H,11-12H2,1H3,(H,24,25). The van der Waals surface area contributed by atoms with E-state index in [0.29, 0.717) is 17.2 Å². The van der Waals surface area contributed by atoms with Crippen LogP contribution < -0.4 is 14.8 Å². The minimum Gasteiger partial charge on any atom is -0.482 e. The molecule has 0 aliphatic rings. The number of furan rings is 1. The molecule has 0 unspecified atom stereocenters. The minimum absolute atomic E-state index is 0.0518. The molecule has 1 aromatic heterocycles. The zero-order valence-electron chi connectivity index (χ0n) is 15.8. The van der Waals surface area contributed by atoms with E-state index in [2.05, 4.69) is 41.9 Å². The predicted octanol–water partition coefficient (Wildman–Crippen LogP) is 4.61. The molecule has 0 saturated carbocycles. The van der Waals surface area contributed by atoms with E-state index in [1.165, 1.54) is 30.5 Å². The normalized spacial score (nSPS) is 11.3. The van der Waals surface area contributed by atoms with Gasteiger partial charge in [-0.1, -0.05) is 15.9 Å². The monoisotopic (exact) mass is 556 g/mol. The predicted molar refractivity (Wildman–Crippen MR) is 120 cm³/mol. The maximum atomic E-state index is 12.3. The average Bonchev–Trinajstić information content (AvgIpc) is 3.20. The summed E-state index contributed by atoms with van der Waals surface area (Å²) in [6, 6.07) is 12.9. The highest BCUT2D eigenvalue weighted by Crippen LogP contribution is 2.32. The highest BCUT2D eigenvalue weighted by molar-refractivity contribution is 9.11. The second-order valence-corrected chi connectivity index (χ2v) is 9.84. The van der Waals surface area contributed by atoms with Gasteiger partial charge in [0.25, 0.3) is 5.91 Å². The Morgan fingerprint density at radius 1 is 1.13 bits per heavy atom. The van der Waals surface area contributed by atoms with Gasteiger partial charge in [-0.25, -0.2) is 13.1 Å². The molecular formula is C20H18Br2N2O5S. The number of nitrogens with one attached hydrogen (secondary N) is 2. The number of carbonyl (C=O) groups is 1. The minimum atomic E-state index is -3.70. The molecule has 0 spiro atoms. The smallest absolute Gasteiger partial charge is 0.262 e. The highest BCUT2D eigenvalue weighted by Gasteiger charge is 2.15. The first-order valence-electron chi connectivity index (χ1n) is 8.75. The van der Waals surface area contributed by atoms with Gasteiger partial charge in [0.2, 0.25) is 10.0 Å². The molecule has 2 aromatic carbocycles. The molecule has 0 aliphatic carbocycles. The fourth-order valence-corrected chi connectivity index (χ4v) is 5.13. The van der Waals surface area contributed by atoms with Crippen LogP contribution in [0.4, 0.5) is 5.69 Å². The third-order valence-electron chi connectivity index (χ3n) is 4.01. The van der Waals surface area contributed by atoms with Crippen molar-refractivity contribution >= 4 is 53.5 Å². The molecule has 30 heavy (non-hydrogen) atoms. The summed E-state index contributed by atoms with van der Waals surface area (Å²) in [7, 11) is -3.70. The van der Waals surface area contributed by atoms with Crippen LogP contribution in [0, 0.1) is 6.92 Å². The number of amides is 1. The van der Waals surface area contributed by atoms with Crippen molar-refractivity contribution in [3.8, 4) is 5.75 Å². The number of benzene rings is 2. The van der Waals surface area contributed by atoms with Gasteiger partial charge in [0.15, 0.2) is 6.61 Å². The van der Waals surface area contributed by atoms with Gasteiger partial charge in [0.1, 0.15) is 11.5 Å². The summed E-state index contributed by atoms with van der Waals surface area (Å²) in [6.45, 7) is 1.74. The van der Waals surface area contributed by atoms with Crippen molar-refractivity contribution in [2.24, 2.45) is 0 Å². The number of hydrogen-bond acceptors (Lipinski definition) is 5. The molecule has 3 rings (SSSR count). The van der Waals surface area contributed by atoms with Crippen molar-refractivity contribution < 1.29 is 22.4 Å². The quantitative estimate of drug-likeness (QED) is 0.421. The molecule has 1 heterocycles. The molecule has 10 heteroatoms. The molecule has 0 aliphatic heterocycles. The largest absolute Gasteiger partial charge is 0.482 e. The van der Waals surface area contributed by atoms with E-state index < -0.39 is 10.0 Å². The summed E-state index contributed by atoms with van der Waals surface area (Å²) >= 11 is 6.81. The lowest BCUT2D eigenvalue weighted by Crippen LogP contribution is -2.23. The zero-order chi connectivity index (χ0) is 21.7. The van der Waals surface area contributed by atoms with E-state index in [9.17, 15) is 13.2 Å². The molecule has 2 N–H and O–H groups in total. The molecule has 0 fully saturated rings. The first-order chi connectivity index (χ1) is 14.2. The zero-order valence-corrected chi connectivity index (χ0v) is 19.8. The van der Waals surface area contributed by atoms with Crippen molar-refractivity contribution in [2.45, 2.75) is 18.4 Å². The third-order valence-corrected chi connectivity index (χ3v) is 6.47. The Kier molecular flexibility index (Phi) is 7.35. The van der Waals surface area contributed by atoms with Crippen LogP contribution in [0.2, 0.25) is 0 Å². The Labute approximate surface area is 191 Å². The number of hydrogen-bond donors (Lipinski definition) is 2. The third kappa shape index (κ3) is 5.94. The van der Waals surface area contributed by atoms with Gasteiger partial charge >= 0.3 is 0 Å². The second-order valence-electron chi connectivity index (χ2n) is 6.30. The van der Waals surface area contributed by atoms with Crippen LogP contribution >= 0.6 is 31.9 Å². The Morgan fingerprint density at radius 2 is 1.87 bits per heavy atom. The van der Waals surface area contributed by atoms with E-state index in [0.717, 1.165) is 14.5 Å². The Balaban J connectivity index is 1.56. The maximum Gasteiger partial charge on any atom is 0.262 e. The van der Waals surface area contributed by atoms with Gasteiger partial charge in [-0.3, -0.25) is 4.79 Å². The second kappa shape index (κ2) is 9.78. The first-order valence-corrected chi connectivity index (χ1v) is 11.8. The highest BCUT2D eigenvalue weighted by atomic mass is 79.9. The van der Waals surface area contributed by atoms with E-state index in [1.807, 2.05) is 19.1 Å². The fraction of sp³-hybridized carbons (Fsp3) is 0.150. The summed E-state index contributed by atoms with van der Waals surface area (Å²) in [4.78, 5) is 12.3. The van der Waals surface area contributed by atoms with Gasteiger partial charge < -0.3 is 14.5 Å². The van der Waals surface area contributed by atoms with Crippen molar-refractivity contribution in [1.82, 2.24) is 4.72 Å². The molecule has 1 amide bonds. The van der Waals surface area contributed by atoms with Crippen LogP contribution in [-0.4, -0.2) is 20.9 Å². The van der Waals surface area contributed by atoms with Gasteiger partial charge in [-0.15, -0.1) is 0 Å². The molecule has 0 radical (unpaired) electrons. The Hall–Kier alpha value is -2.14. The van der Waals surface area contributed by atoms with E-state index in [1.54, 1.807) is 12.1 Å². The van der Waals surface area contributed by atoms with Gasteiger partial charge in [0.05, 0.1) is 22.2 Å². The molecule has 3 aromatic rings. The van der Waals surface area contributed by atoms with Gasteiger partial charge in [-0.05, 0) is 76.9 Å². The number of anilines is 1. The van der Waals surface area contributed by atoms with Crippen LogP contribution in [0.5, 0.6) is 5.75 Å². The van der Waals surface area contributed by atoms with Crippen LogP contribution in [-0.2, 0) is 21.4 Å². The van der Waals surface area contributed by atoms with E-state index in [-0.39, 0.29) is 24.0 Å². The molecule has 0 atom stereocenters. The summed E-state index contributed by atoms with van der Waals surface area (Å²) in [5.41, 5.74) is 1.33. The number of rotatable bonds is 8. The van der Waals surface area contributed by atoms with Gasteiger partial charge in [-0.2, -0.15) is 0 Å². The number of carbonyl (C=O) groups excluding carboxylic acids is 1. The number of aryl methyl sites for hydroxylation is 1. The lowest BCUT2D eigenvalue weighted by atomic mass is 10.2. The average molecular weight is 558 g/mol. The van der Waals surface area contributed by atoms with E-state index >= 15 is 0 Å². The first kappa shape index (κ1) is 22.5. The molecular weight excluding hydrogens is 540 g/mol. The Bertz CT molecular complexity index is 1110. The fourth-order valence-electron chi connectivity index (χ4n) is 2.59. The number of ether oxygens (including phenoxy) is 1. The Morgan fingerprint density at radius 3 is 2.50 bits per heavy atom.